The van der Waals surface area contributed by atoms with Crippen molar-refractivity contribution in [2.75, 3.05) is 0 Å². The zero-order valence-corrected chi connectivity index (χ0v) is 7.97. The lowest BCUT2D eigenvalue weighted by atomic mass is 10.1. The van der Waals surface area contributed by atoms with Gasteiger partial charge in [-0.05, 0) is 11.5 Å². The average molecular weight is 205 g/mol. The number of rotatable bonds is 0. The molecule has 3 rings (SSSR count). The van der Waals surface area contributed by atoms with Crippen molar-refractivity contribution in [3.63, 3.8) is 0 Å². The van der Waals surface area contributed by atoms with Crippen molar-refractivity contribution < 1.29 is 9.94 Å². The Bertz CT molecular complexity index is 513. The van der Waals surface area contributed by atoms with Gasteiger partial charge in [0.15, 0.2) is 5.75 Å². The fraction of sp³-hybridized carbons (Fsp3) is 0. The highest BCUT2D eigenvalue weighted by atomic mass is 32.2. The maximum Gasteiger partial charge on any atom is 0.174 e. The first-order valence-corrected chi connectivity index (χ1v) is 5.01. The zero-order valence-electron chi connectivity index (χ0n) is 7.15. The second kappa shape index (κ2) is 2.80. The van der Waals surface area contributed by atoms with Crippen LogP contribution < -0.4 is 9.72 Å². The molecule has 0 aliphatic carbocycles. The van der Waals surface area contributed by atoms with Crippen molar-refractivity contribution in [2.24, 2.45) is 0 Å². The summed E-state index contributed by atoms with van der Waals surface area (Å²) in [5, 5.41) is 11.7. The van der Waals surface area contributed by atoms with Gasteiger partial charge in [0, 0.05) is 17.3 Å². The number of benzene rings is 2. The van der Waals surface area contributed by atoms with Crippen LogP contribution in [0.15, 0.2) is 35.2 Å². The third kappa shape index (κ3) is 0.981. The van der Waals surface area contributed by atoms with E-state index in [4.69, 9.17) is 4.84 Å². The van der Waals surface area contributed by atoms with E-state index in [0.29, 0.717) is 5.75 Å². The molecule has 2 N–H and O–H groups in total. The van der Waals surface area contributed by atoms with Gasteiger partial charge in [-0.2, -0.15) is 0 Å². The first-order valence-electron chi connectivity index (χ1n) is 4.19. The van der Waals surface area contributed by atoms with Gasteiger partial charge in [-0.1, -0.05) is 29.2 Å². The molecule has 0 saturated heterocycles. The van der Waals surface area contributed by atoms with Crippen LogP contribution in [0.5, 0.6) is 11.5 Å². The topological polar surface area (TPSA) is 41.5 Å². The third-order valence-electron chi connectivity index (χ3n) is 2.22. The summed E-state index contributed by atoms with van der Waals surface area (Å²) in [5.41, 5.74) is 0. The standard InChI is InChI=1S/C10H7NO2S/c12-8-5-6-3-1-2-4-7(6)9-10(8)14-11-13-9/h1-5,11-12H. The molecule has 2 aromatic carbocycles. The van der Waals surface area contributed by atoms with Crippen LogP contribution in [0.3, 0.4) is 0 Å². The zero-order chi connectivity index (χ0) is 9.54. The fourth-order valence-corrected chi connectivity index (χ4v) is 2.20. The Morgan fingerprint density at radius 1 is 1.29 bits per heavy atom. The van der Waals surface area contributed by atoms with Crippen LogP contribution >= 0.6 is 11.9 Å². The van der Waals surface area contributed by atoms with Crippen molar-refractivity contribution in [1.29, 1.82) is 0 Å². The van der Waals surface area contributed by atoms with Crippen molar-refractivity contribution in [1.82, 2.24) is 4.89 Å². The van der Waals surface area contributed by atoms with Gasteiger partial charge in [0.05, 0.1) is 0 Å². The number of nitrogens with one attached hydrogen (secondary N) is 1. The largest absolute Gasteiger partial charge is 0.507 e. The number of phenols is 1. The lowest BCUT2D eigenvalue weighted by molar-refractivity contribution is 0.295. The molecule has 2 aromatic rings. The lowest BCUT2D eigenvalue weighted by Gasteiger charge is -2.03. The third-order valence-corrected chi connectivity index (χ3v) is 2.99. The minimum absolute atomic E-state index is 0.258. The summed E-state index contributed by atoms with van der Waals surface area (Å²) >= 11 is 1.29. The van der Waals surface area contributed by atoms with Crippen molar-refractivity contribution in [2.45, 2.75) is 4.90 Å². The molecule has 3 nitrogen and oxygen atoms in total. The average Bonchev–Trinajstić information content (AvgIpc) is 2.67. The molecule has 1 heterocycles. The SMILES string of the molecule is Oc1cc2ccccc2c2c1SNO2. The highest BCUT2D eigenvalue weighted by Crippen LogP contribution is 2.44. The van der Waals surface area contributed by atoms with Crippen molar-refractivity contribution in [3.8, 4) is 11.5 Å². The molecule has 0 fully saturated rings. The Morgan fingerprint density at radius 2 is 2.14 bits per heavy atom. The molecule has 0 amide bonds. The Morgan fingerprint density at radius 3 is 3.07 bits per heavy atom. The van der Waals surface area contributed by atoms with Gasteiger partial charge in [-0.25, -0.2) is 0 Å². The quantitative estimate of drug-likeness (QED) is 0.648. The summed E-state index contributed by atoms with van der Waals surface area (Å²) in [6.07, 6.45) is 0. The van der Waals surface area contributed by atoms with E-state index in [0.717, 1.165) is 15.7 Å². The molecule has 0 radical (unpaired) electrons. The van der Waals surface area contributed by atoms with Crippen LogP contribution in [0, 0.1) is 0 Å². The molecule has 1 aliphatic rings. The summed E-state index contributed by atoms with van der Waals surface area (Å²) in [4.78, 5) is 8.68. The van der Waals surface area contributed by atoms with Crippen LogP contribution in [0.4, 0.5) is 0 Å². The Kier molecular flexibility index (Phi) is 1.59. The van der Waals surface area contributed by atoms with Gasteiger partial charge >= 0.3 is 0 Å². The maximum atomic E-state index is 9.69. The Hall–Kier alpha value is -1.39. The summed E-state index contributed by atoms with van der Waals surface area (Å²) in [7, 11) is 0. The van der Waals surface area contributed by atoms with Crippen molar-refractivity contribution >= 4 is 22.7 Å². The normalized spacial score (nSPS) is 14.0. The van der Waals surface area contributed by atoms with Gasteiger partial charge in [0.1, 0.15) is 10.6 Å². The van der Waals surface area contributed by atoms with E-state index in [2.05, 4.69) is 4.89 Å². The van der Waals surface area contributed by atoms with Crippen LogP contribution in [0.1, 0.15) is 0 Å². The minimum atomic E-state index is 0.258. The van der Waals surface area contributed by atoms with Gasteiger partial charge in [0.2, 0.25) is 0 Å². The van der Waals surface area contributed by atoms with E-state index >= 15 is 0 Å². The lowest BCUT2D eigenvalue weighted by Crippen LogP contribution is -2.00. The second-order valence-electron chi connectivity index (χ2n) is 3.06. The molecule has 1 aliphatic heterocycles. The van der Waals surface area contributed by atoms with E-state index in [9.17, 15) is 5.11 Å². The predicted octanol–water partition coefficient (Wildman–Crippen LogP) is 2.45. The molecular weight excluding hydrogens is 198 g/mol. The summed E-state index contributed by atoms with van der Waals surface area (Å²) in [6, 6.07) is 9.55. The van der Waals surface area contributed by atoms with E-state index in [-0.39, 0.29) is 5.75 Å². The smallest absolute Gasteiger partial charge is 0.174 e. The number of hydrogen-bond acceptors (Lipinski definition) is 4. The van der Waals surface area contributed by atoms with E-state index in [1.54, 1.807) is 6.07 Å². The van der Waals surface area contributed by atoms with E-state index < -0.39 is 0 Å². The predicted molar refractivity (Wildman–Crippen MR) is 55.2 cm³/mol. The second-order valence-corrected chi connectivity index (χ2v) is 3.84. The molecule has 0 unspecified atom stereocenters. The van der Waals surface area contributed by atoms with Crippen LogP contribution in [-0.2, 0) is 0 Å². The van der Waals surface area contributed by atoms with Gasteiger partial charge in [-0.15, -0.1) is 0 Å². The molecule has 0 aromatic heterocycles. The number of phenolic OH excluding ortho intramolecular Hbond substituents is 1. The van der Waals surface area contributed by atoms with Crippen LogP contribution in [0.2, 0.25) is 0 Å². The summed E-state index contributed by atoms with van der Waals surface area (Å²) in [5.74, 6) is 0.972. The number of hydrogen-bond donors (Lipinski definition) is 2. The summed E-state index contributed by atoms with van der Waals surface area (Å²) in [6.45, 7) is 0. The molecule has 14 heavy (non-hydrogen) atoms. The highest BCUT2D eigenvalue weighted by molar-refractivity contribution is 7.97. The van der Waals surface area contributed by atoms with Gasteiger partial charge in [-0.3, -0.25) is 0 Å². The van der Waals surface area contributed by atoms with Crippen LogP contribution in [0.25, 0.3) is 10.8 Å². The first kappa shape index (κ1) is 7.96. The van der Waals surface area contributed by atoms with Crippen LogP contribution in [-0.4, -0.2) is 5.11 Å². The first-order chi connectivity index (χ1) is 6.86. The monoisotopic (exact) mass is 205 g/mol. The van der Waals surface area contributed by atoms with Crippen molar-refractivity contribution in [3.05, 3.63) is 30.3 Å². The highest BCUT2D eigenvalue weighted by Gasteiger charge is 2.20. The molecule has 0 spiro atoms. The maximum absolute atomic E-state index is 9.69. The summed E-state index contributed by atoms with van der Waals surface area (Å²) < 4.78 is 0. The van der Waals surface area contributed by atoms with Gasteiger partial charge < -0.3 is 9.94 Å². The van der Waals surface area contributed by atoms with E-state index in [1.807, 2.05) is 24.3 Å². The minimum Gasteiger partial charge on any atom is -0.507 e. The Balaban J connectivity index is 2.46. The molecule has 0 saturated carbocycles. The molecule has 0 atom stereocenters. The molecule has 4 heteroatoms. The molecular formula is C10H7NO2S. The molecule has 70 valence electrons. The molecule has 0 bridgehead atoms. The fourth-order valence-electron chi connectivity index (χ4n) is 1.59. The van der Waals surface area contributed by atoms with Gasteiger partial charge in [0.25, 0.3) is 0 Å². The Labute approximate surface area is 84.8 Å². The van der Waals surface area contributed by atoms with E-state index in [1.165, 1.54) is 11.9 Å². The number of aromatic hydroxyl groups is 1. The number of fused-ring (bicyclic) bond motifs is 3.